The van der Waals surface area contributed by atoms with Gasteiger partial charge >= 0.3 is 0 Å². The third kappa shape index (κ3) is 6.12. The summed E-state index contributed by atoms with van der Waals surface area (Å²) in [6.45, 7) is 10.1. The normalized spacial score (nSPS) is 11.5. The Labute approximate surface area is 171 Å². The summed E-state index contributed by atoms with van der Waals surface area (Å²) in [4.78, 5) is 30.3. The molecule has 1 N–H and O–H groups in total. The van der Waals surface area contributed by atoms with Gasteiger partial charge in [0.15, 0.2) is 5.16 Å². The third-order valence-electron chi connectivity index (χ3n) is 4.07. The van der Waals surface area contributed by atoms with Crippen LogP contribution in [0.5, 0.6) is 0 Å². The summed E-state index contributed by atoms with van der Waals surface area (Å²) in [5.41, 5.74) is 1.98. The van der Waals surface area contributed by atoms with Gasteiger partial charge in [-0.05, 0) is 38.3 Å². The van der Waals surface area contributed by atoms with Gasteiger partial charge in [0.1, 0.15) is 0 Å². The van der Waals surface area contributed by atoms with Crippen molar-refractivity contribution in [1.29, 1.82) is 0 Å². The number of hydrogen-bond donors (Lipinski definition) is 1. The molecule has 1 aromatic carbocycles. The van der Waals surface area contributed by atoms with E-state index in [4.69, 9.17) is 0 Å². The number of aromatic nitrogens is 2. The molecule has 2 amide bonds. The van der Waals surface area contributed by atoms with Crippen LogP contribution in [0, 0.1) is 0 Å². The van der Waals surface area contributed by atoms with E-state index in [0.717, 1.165) is 10.8 Å². The standard InChI is InChI=1S/C21H30N4O2S/c1-15(2)16-9-7-8-10-17(16)25-12-11-22-20(25)28-14-19(27)24(6)13-18(26)23-21(3,4)5/h7-12,15H,13-14H2,1-6H3,(H,23,26). The number of hydrogen-bond acceptors (Lipinski definition) is 4. The monoisotopic (exact) mass is 402 g/mol. The number of thioether (sulfide) groups is 1. The maximum Gasteiger partial charge on any atom is 0.240 e. The molecule has 0 atom stereocenters. The third-order valence-corrected chi connectivity index (χ3v) is 5.02. The van der Waals surface area contributed by atoms with E-state index >= 15 is 0 Å². The van der Waals surface area contributed by atoms with Crippen LogP contribution in [0.2, 0.25) is 0 Å². The summed E-state index contributed by atoms with van der Waals surface area (Å²) in [5, 5.41) is 3.62. The van der Waals surface area contributed by atoms with Crippen molar-refractivity contribution in [1.82, 2.24) is 19.8 Å². The SMILES string of the molecule is CC(C)c1ccccc1-n1ccnc1SCC(=O)N(C)CC(=O)NC(C)(C)C. The topological polar surface area (TPSA) is 67.2 Å². The summed E-state index contributed by atoms with van der Waals surface area (Å²) in [7, 11) is 1.64. The molecule has 0 aliphatic carbocycles. The van der Waals surface area contributed by atoms with Crippen LogP contribution < -0.4 is 5.32 Å². The fourth-order valence-corrected chi connectivity index (χ4v) is 3.68. The molecule has 0 saturated carbocycles. The number of likely N-dealkylation sites (N-methyl/N-ethyl adjacent to an activating group) is 1. The summed E-state index contributed by atoms with van der Waals surface area (Å²) < 4.78 is 2.01. The highest BCUT2D eigenvalue weighted by Gasteiger charge is 2.19. The Morgan fingerprint density at radius 3 is 2.57 bits per heavy atom. The molecule has 28 heavy (non-hydrogen) atoms. The van der Waals surface area contributed by atoms with Crippen molar-refractivity contribution >= 4 is 23.6 Å². The lowest BCUT2D eigenvalue weighted by atomic mass is 10.0. The fraction of sp³-hybridized carbons (Fsp3) is 0.476. The molecular formula is C21H30N4O2S. The van der Waals surface area contributed by atoms with Crippen molar-refractivity contribution in [2.24, 2.45) is 0 Å². The van der Waals surface area contributed by atoms with E-state index in [1.807, 2.05) is 43.7 Å². The van der Waals surface area contributed by atoms with Crippen molar-refractivity contribution in [3.05, 3.63) is 42.2 Å². The van der Waals surface area contributed by atoms with E-state index in [0.29, 0.717) is 5.92 Å². The molecule has 0 aliphatic heterocycles. The highest BCUT2D eigenvalue weighted by molar-refractivity contribution is 7.99. The van der Waals surface area contributed by atoms with Gasteiger partial charge in [0.25, 0.3) is 0 Å². The van der Waals surface area contributed by atoms with Gasteiger partial charge in [0.05, 0.1) is 18.0 Å². The second kappa shape index (κ2) is 9.28. The maximum absolute atomic E-state index is 12.5. The number of carbonyl (C=O) groups is 2. The lowest BCUT2D eigenvalue weighted by molar-refractivity contribution is -0.133. The van der Waals surface area contributed by atoms with Gasteiger partial charge in [-0.1, -0.05) is 43.8 Å². The van der Waals surface area contributed by atoms with Crippen LogP contribution >= 0.6 is 11.8 Å². The van der Waals surface area contributed by atoms with E-state index < -0.39 is 0 Å². The quantitative estimate of drug-likeness (QED) is 0.720. The molecule has 0 aliphatic rings. The van der Waals surface area contributed by atoms with E-state index in [1.165, 1.54) is 22.2 Å². The van der Waals surface area contributed by atoms with Crippen molar-refractivity contribution < 1.29 is 9.59 Å². The van der Waals surface area contributed by atoms with Crippen LogP contribution in [-0.4, -0.2) is 51.1 Å². The first-order valence-corrected chi connectivity index (χ1v) is 10.4. The number of imidazole rings is 1. The predicted molar refractivity (Wildman–Crippen MR) is 114 cm³/mol. The first-order valence-electron chi connectivity index (χ1n) is 9.39. The minimum atomic E-state index is -0.315. The number of nitrogens with zero attached hydrogens (tertiary/aromatic N) is 3. The smallest absolute Gasteiger partial charge is 0.240 e. The average Bonchev–Trinajstić information content (AvgIpc) is 3.06. The van der Waals surface area contributed by atoms with Crippen LogP contribution in [0.3, 0.4) is 0 Å². The van der Waals surface area contributed by atoms with Crippen LogP contribution in [0.1, 0.15) is 46.1 Å². The zero-order chi connectivity index (χ0) is 20.9. The summed E-state index contributed by atoms with van der Waals surface area (Å²) >= 11 is 1.37. The maximum atomic E-state index is 12.5. The molecule has 0 saturated heterocycles. The van der Waals surface area contributed by atoms with E-state index in [2.05, 4.69) is 36.3 Å². The van der Waals surface area contributed by atoms with Gasteiger partial charge in [-0.2, -0.15) is 0 Å². The Balaban J connectivity index is 2.02. The number of para-hydroxylation sites is 1. The van der Waals surface area contributed by atoms with Crippen LogP contribution in [0.15, 0.2) is 41.8 Å². The average molecular weight is 403 g/mol. The Hall–Kier alpha value is -2.28. The van der Waals surface area contributed by atoms with Crippen LogP contribution in [0.4, 0.5) is 0 Å². The van der Waals surface area contributed by atoms with Crippen molar-refractivity contribution in [3.63, 3.8) is 0 Å². The van der Waals surface area contributed by atoms with Gasteiger partial charge < -0.3 is 10.2 Å². The molecule has 0 bridgehead atoms. The van der Waals surface area contributed by atoms with Gasteiger partial charge in [-0.3, -0.25) is 14.2 Å². The molecule has 1 heterocycles. The van der Waals surface area contributed by atoms with Gasteiger partial charge in [-0.25, -0.2) is 4.98 Å². The molecule has 2 rings (SSSR count). The van der Waals surface area contributed by atoms with Crippen molar-refractivity contribution in [3.8, 4) is 5.69 Å². The Morgan fingerprint density at radius 1 is 1.25 bits per heavy atom. The number of benzene rings is 1. The van der Waals surface area contributed by atoms with Crippen LogP contribution in [-0.2, 0) is 9.59 Å². The number of amides is 2. The highest BCUT2D eigenvalue weighted by Crippen LogP contribution is 2.27. The Morgan fingerprint density at radius 2 is 1.93 bits per heavy atom. The molecular weight excluding hydrogens is 372 g/mol. The molecule has 0 fully saturated rings. The van der Waals surface area contributed by atoms with Gasteiger partial charge in [0, 0.05) is 25.0 Å². The molecule has 0 unspecified atom stereocenters. The zero-order valence-electron chi connectivity index (χ0n) is 17.5. The molecule has 1 aromatic heterocycles. The molecule has 6 nitrogen and oxygen atoms in total. The molecule has 2 aromatic rings. The number of nitrogens with one attached hydrogen (secondary N) is 1. The van der Waals surface area contributed by atoms with Crippen molar-refractivity contribution in [2.45, 2.75) is 51.2 Å². The van der Waals surface area contributed by atoms with E-state index in [-0.39, 0.29) is 29.7 Å². The predicted octanol–water partition coefficient (Wildman–Crippen LogP) is 3.46. The summed E-state index contributed by atoms with van der Waals surface area (Å²) in [5.74, 6) is 0.326. The highest BCUT2D eigenvalue weighted by atomic mass is 32.2. The lowest BCUT2D eigenvalue weighted by Crippen LogP contribution is -2.46. The van der Waals surface area contributed by atoms with Gasteiger partial charge in [-0.15, -0.1) is 0 Å². The van der Waals surface area contributed by atoms with E-state index in [1.54, 1.807) is 13.2 Å². The molecule has 7 heteroatoms. The number of rotatable bonds is 7. The second-order valence-corrected chi connectivity index (χ2v) is 9.07. The van der Waals surface area contributed by atoms with Crippen LogP contribution in [0.25, 0.3) is 5.69 Å². The largest absolute Gasteiger partial charge is 0.350 e. The lowest BCUT2D eigenvalue weighted by Gasteiger charge is -2.23. The summed E-state index contributed by atoms with van der Waals surface area (Å²) in [6.07, 6.45) is 3.65. The Kier molecular flexibility index (Phi) is 7.29. The first-order chi connectivity index (χ1) is 13.1. The first kappa shape index (κ1) is 22.0. The minimum absolute atomic E-state index is 0.0429. The Bertz CT molecular complexity index is 824. The molecule has 0 spiro atoms. The minimum Gasteiger partial charge on any atom is -0.350 e. The van der Waals surface area contributed by atoms with E-state index in [9.17, 15) is 9.59 Å². The number of carbonyl (C=O) groups excluding carboxylic acids is 2. The molecule has 152 valence electrons. The fourth-order valence-electron chi connectivity index (χ4n) is 2.77. The summed E-state index contributed by atoms with van der Waals surface area (Å²) in [6, 6.07) is 8.21. The second-order valence-electron chi connectivity index (χ2n) is 8.13. The van der Waals surface area contributed by atoms with Crippen molar-refractivity contribution in [2.75, 3.05) is 19.3 Å². The zero-order valence-corrected chi connectivity index (χ0v) is 18.3. The molecule has 0 radical (unpaired) electrons. The van der Waals surface area contributed by atoms with Gasteiger partial charge in [0.2, 0.25) is 11.8 Å².